The fourth-order valence-corrected chi connectivity index (χ4v) is 2.32. The zero-order valence-corrected chi connectivity index (χ0v) is 11.0. The lowest BCUT2D eigenvalue weighted by atomic mass is 10.0. The first-order valence-corrected chi connectivity index (χ1v) is 6.29. The molecule has 0 aromatic heterocycles. The summed E-state index contributed by atoms with van der Waals surface area (Å²) in [6, 6.07) is 6.39. The van der Waals surface area contributed by atoms with Crippen molar-refractivity contribution in [2.75, 3.05) is 25.5 Å². The fourth-order valence-electron chi connectivity index (χ4n) is 2.32. The third-order valence-electron chi connectivity index (χ3n) is 3.01. The lowest BCUT2D eigenvalue weighted by Crippen LogP contribution is -2.40. The number of hydrogen-bond acceptors (Lipinski definition) is 3. The Morgan fingerprint density at radius 3 is 2.94 bits per heavy atom. The summed E-state index contributed by atoms with van der Waals surface area (Å²) in [5.41, 5.74) is 2.55. The van der Waals surface area contributed by atoms with Crippen LogP contribution in [0.4, 0.5) is 5.69 Å². The average Bonchev–Trinajstić information content (AvgIpc) is 2.28. The van der Waals surface area contributed by atoms with E-state index in [0.29, 0.717) is 0 Å². The third kappa shape index (κ3) is 3.13. The topological polar surface area (TPSA) is 33.3 Å². The molecule has 1 aromatic carbocycles. The molecule has 0 unspecified atom stereocenters. The van der Waals surface area contributed by atoms with E-state index in [-0.39, 0.29) is 5.54 Å². The minimum atomic E-state index is 0.0541. The summed E-state index contributed by atoms with van der Waals surface area (Å²) in [5.74, 6) is 1.05. The first-order valence-electron chi connectivity index (χ1n) is 6.29. The number of nitrogens with one attached hydrogen (secondary N) is 2. The Morgan fingerprint density at radius 1 is 1.35 bits per heavy atom. The standard InChI is InChI=1S/C14H22N2O/c1-14(2,10-15-3)16-12-6-7-13-11(9-12)5-4-8-17-13/h6-7,9,15-16H,4-5,8,10H2,1-3H3. The molecule has 1 aromatic rings. The van der Waals surface area contributed by atoms with Gasteiger partial charge in [-0.1, -0.05) is 0 Å². The summed E-state index contributed by atoms with van der Waals surface area (Å²) in [5, 5.41) is 6.75. The minimum Gasteiger partial charge on any atom is -0.493 e. The Kier molecular flexibility index (Phi) is 3.57. The van der Waals surface area contributed by atoms with Crippen molar-refractivity contribution in [2.45, 2.75) is 32.2 Å². The number of benzene rings is 1. The van der Waals surface area contributed by atoms with Crippen molar-refractivity contribution in [3.8, 4) is 5.75 Å². The van der Waals surface area contributed by atoms with Crippen LogP contribution < -0.4 is 15.4 Å². The van der Waals surface area contributed by atoms with Gasteiger partial charge in [-0.25, -0.2) is 0 Å². The molecule has 3 heteroatoms. The van der Waals surface area contributed by atoms with E-state index in [1.807, 2.05) is 7.05 Å². The highest BCUT2D eigenvalue weighted by atomic mass is 16.5. The molecule has 0 saturated carbocycles. The van der Waals surface area contributed by atoms with Gasteiger partial charge in [0.2, 0.25) is 0 Å². The summed E-state index contributed by atoms with van der Waals surface area (Å²) < 4.78 is 5.62. The van der Waals surface area contributed by atoms with Gasteiger partial charge in [0.05, 0.1) is 6.61 Å². The van der Waals surface area contributed by atoms with Crippen LogP contribution in [0.5, 0.6) is 5.75 Å². The van der Waals surface area contributed by atoms with Crippen molar-refractivity contribution in [3.63, 3.8) is 0 Å². The monoisotopic (exact) mass is 234 g/mol. The highest BCUT2D eigenvalue weighted by Crippen LogP contribution is 2.28. The average molecular weight is 234 g/mol. The maximum absolute atomic E-state index is 5.62. The van der Waals surface area contributed by atoms with E-state index in [1.165, 1.54) is 11.3 Å². The van der Waals surface area contributed by atoms with E-state index < -0.39 is 0 Å². The van der Waals surface area contributed by atoms with Gasteiger partial charge in [-0.15, -0.1) is 0 Å². The van der Waals surface area contributed by atoms with Crippen LogP contribution in [-0.4, -0.2) is 25.7 Å². The summed E-state index contributed by atoms with van der Waals surface area (Å²) in [6.45, 7) is 6.17. The Balaban J connectivity index is 2.11. The smallest absolute Gasteiger partial charge is 0.122 e. The molecule has 0 bridgehead atoms. The van der Waals surface area contributed by atoms with E-state index in [0.717, 1.165) is 31.7 Å². The number of aryl methyl sites for hydroxylation is 1. The van der Waals surface area contributed by atoms with Crippen molar-refractivity contribution >= 4 is 5.69 Å². The molecule has 1 aliphatic rings. The molecule has 0 atom stereocenters. The van der Waals surface area contributed by atoms with Crippen LogP contribution in [0.2, 0.25) is 0 Å². The molecular weight excluding hydrogens is 212 g/mol. The van der Waals surface area contributed by atoms with E-state index in [4.69, 9.17) is 4.74 Å². The zero-order chi connectivity index (χ0) is 12.3. The van der Waals surface area contributed by atoms with Crippen molar-refractivity contribution in [1.29, 1.82) is 0 Å². The largest absolute Gasteiger partial charge is 0.493 e. The molecule has 0 aliphatic carbocycles. The second-order valence-corrected chi connectivity index (χ2v) is 5.31. The van der Waals surface area contributed by atoms with Crippen LogP contribution in [0.3, 0.4) is 0 Å². The predicted octanol–water partition coefficient (Wildman–Crippen LogP) is 2.42. The number of anilines is 1. The van der Waals surface area contributed by atoms with Gasteiger partial charge in [0.1, 0.15) is 5.75 Å². The summed E-state index contributed by atoms with van der Waals surface area (Å²) >= 11 is 0. The van der Waals surface area contributed by atoms with Crippen LogP contribution in [0.1, 0.15) is 25.8 Å². The predicted molar refractivity (Wildman–Crippen MR) is 71.9 cm³/mol. The Bertz CT molecular complexity index is 388. The molecular formula is C14H22N2O. The number of fused-ring (bicyclic) bond motifs is 1. The summed E-state index contributed by atoms with van der Waals surface area (Å²) in [4.78, 5) is 0. The first kappa shape index (κ1) is 12.2. The molecule has 3 nitrogen and oxygen atoms in total. The number of hydrogen-bond donors (Lipinski definition) is 2. The lowest BCUT2D eigenvalue weighted by molar-refractivity contribution is 0.288. The Labute approximate surface area is 104 Å². The fraction of sp³-hybridized carbons (Fsp3) is 0.571. The summed E-state index contributed by atoms with van der Waals surface area (Å²) in [6.07, 6.45) is 2.24. The van der Waals surface area contributed by atoms with Crippen molar-refractivity contribution < 1.29 is 4.74 Å². The Morgan fingerprint density at radius 2 is 2.18 bits per heavy atom. The lowest BCUT2D eigenvalue weighted by Gasteiger charge is -2.28. The Hall–Kier alpha value is -1.22. The molecule has 0 fully saturated rings. The van der Waals surface area contributed by atoms with Crippen molar-refractivity contribution in [1.82, 2.24) is 5.32 Å². The number of rotatable bonds is 4. The van der Waals surface area contributed by atoms with Gasteiger partial charge in [-0.05, 0) is 57.5 Å². The van der Waals surface area contributed by atoms with Crippen LogP contribution in [0.25, 0.3) is 0 Å². The van der Waals surface area contributed by atoms with Gasteiger partial charge in [0.25, 0.3) is 0 Å². The normalized spacial score (nSPS) is 15.0. The van der Waals surface area contributed by atoms with Gasteiger partial charge in [-0.2, -0.15) is 0 Å². The maximum atomic E-state index is 5.62. The first-order chi connectivity index (χ1) is 8.11. The highest BCUT2D eigenvalue weighted by Gasteiger charge is 2.17. The molecule has 0 amide bonds. The van der Waals surface area contributed by atoms with Gasteiger partial charge >= 0.3 is 0 Å². The molecule has 1 heterocycles. The second-order valence-electron chi connectivity index (χ2n) is 5.31. The molecule has 0 radical (unpaired) electrons. The zero-order valence-electron chi connectivity index (χ0n) is 11.0. The van der Waals surface area contributed by atoms with Gasteiger partial charge < -0.3 is 15.4 Å². The van der Waals surface area contributed by atoms with Gasteiger partial charge in [0, 0.05) is 17.8 Å². The van der Waals surface area contributed by atoms with Crippen LogP contribution >= 0.6 is 0 Å². The van der Waals surface area contributed by atoms with E-state index in [9.17, 15) is 0 Å². The number of ether oxygens (including phenoxy) is 1. The van der Waals surface area contributed by atoms with Gasteiger partial charge in [-0.3, -0.25) is 0 Å². The molecule has 1 aliphatic heterocycles. The highest BCUT2D eigenvalue weighted by molar-refractivity contribution is 5.53. The third-order valence-corrected chi connectivity index (χ3v) is 3.01. The van der Waals surface area contributed by atoms with E-state index in [1.54, 1.807) is 0 Å². The van der Waals surface area contributed by atoms with Crippen LogP contribution in [0, 0.1) is 0 Å². The van der Waals surface area contributed by atoms with Crippen LogP contribution in [0.15, 0.2) is 18.2 Å². The maximum Gasteiger partial charge on any atom is 0.122 e. The quantitative estimate of drug-likeness (QED) is 0.839. The van der Waals surface area contributed by atoms with Crippen molar-refractivity contribution in [2.24, 2.45) is 0 Å². The van der Waals surface area contributed by atoms with Crippen molar-refractivity contribution in [3.05, 3.63) is 23.8 Å². The molecule has 17 heavy (non-hydrogen) atoms. The summed E-state index contributed by atoms with van der Waals surface area (Å²) in [7, 11) is 1.98. The number of likely N-dealkylation sites (N-methyl/N-ethyl adjacent to an activating group) is 1. The molecule has 0 spiro atoms. The molecule has 0 saturated heterocycles. The molecule has 2 rings (SSSR count). The van der Waals surface area contributed by atoms with Gasteiger partial charge in [0.15, 0.2) is 0 Å². The molecule has 94 valence electrons. The van der Waals surface area contributed by atoms with E-state index in [2.05, 4.69) is 42.7 Å². The van der Waals surface area contributed by atoms with Crippen LogP contribution in [-0.2, 0) is 6.42 Å². The van der Waals surface area contributed by atoms with E-state index >= 15 is 0 Å². The minimum absolute atomic E-state index is 0.0541. The SMILES string of the molecule is CNCC(C)(C)Nc1ccc2c(c1)CCCO2. The molecule has 2 N–H and O–H groups in total. The second kappa shape index (κ2) is 4.96.